The lowest BCUT2D eigenvalue weighted by atomic mass is 10.2. The fraction of sp³-hybridized carbons (Fsp3) is 0. The number of aromatic nitrogens is 4. The van der Waals surface area contributed by atoms with Gasteiger partial charge in [-0.15, -0.1) is 0 Å². The Morgan fingerprint density at radius 1 is 0.667 bits per heavy atom. The summed E-state index contributed by atoms with van der Waals surface area (Å²) in [6.45, 7) is 0. The zero-order chi connectivity index (χ0) is 15.5. The molecule has 0 N–H and O–H groups in total. The Morgan fingerprint density at radius 2 is 1.21 bits per heavy atom. The van der Waals surface area contributed by atoms with Gasteiger partial charge < -0.3 is 24.0 Å². The summed E-state index contributed by atoms with van der Waals surface area (Å²) in [5.74, 6) is 0.693. The molecule has 0 spiro atoms. The van der Waals surface area contributed by atoms with Gasteiger partial charge in [0.15, 0.2) is 5.69 Å². The van der Waals surface area contributed by atoms with Gasteiger partial charge in [0.1, 0.15) is 5.69 Å². The van der Waals surface area contributed by atoms with Crippen molar-refractivity contribution in [1.82, 2.24) is 15.0 Å². The lowest BCUT2D eigenvalue weighted by Crippen LogP contribution is -3.00. The number of tetrazole rings is 1. The molecule has 0 aliphatic carbocycles. The molecule has 5 heteroatoms. The van der Waals surface area contributed by atoms with E-state index in [2.05, 4.69) is 0 Å². The molecule has 0 atom stereocenters. The summed E-state index contributed by atoms with van der Waals surface area (Å²) >= 11 is 0. The first-order valence-corrected chi connectivity index (χ1v) is 7.48. The minimum Gasteiger partial charge on any atom is -1.00 e. The summed E-state index contributed by atoms with van der Waals surface area (Å²) in [7, 11) is 0. The summed E-state index contributed by atoms with van der Waals surface area (Å²) in [5, 5.41) is 9.39. The molecule has 24 heavy (non-hydrogen) atoms. The first-order chi connectivity index (χ1) is 11.4. The molecule has 4 nitrogen and oxygen atoms in total. The Morgan fingerprint density at radius 3 is 1.83 bits per heavy atom. The van der Waals surface area contributed by atoms with Gasteiger partial charge in [-0.1, -0.05) is 54.6 Å². The van der Waals surface area contributed by atoms with Crippen LogP contribution < -0.4 is 28.8 Å². The third-order valence-electron chi connectivity index (χ3n) is 3.56. The molecule has 0 saturated heterocycles. The number of para-hydroxylation sites is 2. The number of rotatable bonds is 3. The van der Waals surface area contributed by atoms with Crippen molar-refractivity contribution >= 4 is 0 Å². The standard InChI is InChI=1S/C19H15N4.HI/c1-4-10-16(11-5-1)19-20-22(17-12-6-2-7-13-17)23(21-19)18-14-8-3-9-15-18;/h1-15H;1H/q+1;/p-1. The van der Waals surface area contributed by atoms with Crippen molar-refractivity contribution in [1.29, 1.82) is 0 Å². The molecule has 0 aliphatic rings. The number of halogens is 1. The van der Waals surface area contributed by atoms with Gasteiger partial charge in [0.25, 0.3) is 0 Å². The van der Waals surface area contributed by atoms with Crippen LogP contribution in [-0.2, 0) is 0 Å². The van der Waals surface area contributed by atoms with Gasteiger partial charge in [0, 0.05) is 4.80 Å². The normalized spacial score (nSPS) is 10.2. The van der Waals surface area contributed by atoms with E-state index in [1.807, 2.05) is 101 Å². The quantitative estimate of drug-likeness (QED) is 0.347. The molecule has 4 rings (SSSR count). The van der Waals surface area contributed by atoms with Gasteiger partial charge in [-0.25, -0.2) is 0 Å². The van der Waals surface area contributed by atoms with E-state index in [-0.39, 0.29) is 24.0 Å². The molecule has 0 saturated carbocycles. The summed E-state index contributed by atoms with van der Waals surface area (Å²) in [6, 6.07) is 30.0. The van der Waals surface area contributed by atoms with Crippen molar-refractivity contribution in [2.45, 2.75) is 0 Å². The van der Waals surface area contributed by atoms with E-state index in [9.17, 15) is 0 Å². The second kappa shape index (κ2) is 7.35. The summed E-state index contributed by atoms with van der Waals surface area (Å²) in [6.07, 6.45) is 0. The first kappa shape index (κ1) is 16.3. The topological polar surface area (TPSA) is 34.6 Å². The summed E-state index contributed by atoms with van der Waals surface area (Å²) in [5.41, 5.74) is 2.92. The largest absolute Gasteiger partial charge is 1.00 e. The summed E-state index contributed by atoms with van der Waals surface area (Å²) in [4.78, 5) is 3.63. The molecule has 1 heterocycles. The van der Waals surface area contributed by atoms with E-state index in [1.165, 1.54) is 0 Å². The van der Waals surface area contributed by atoms with Gasteiger partial charge >= 0.3 is 5.82 Å². The van der Waals surface area contributed by atoms with Crippen molar-refractivity contribution in [3.8, 4) is 22.8 Å². The third kappa shape index (κ3) is 3.21. The van der Waals surface area contributed by atoms with Crippen molar-refractivity contribution in [3.63, 3.8) is 0 Å². The Labute approximate surface area is 157 Å². The molecular formula is C19H15IN4. The van der Waals surface area contributed by atoms with Crippen LogP contribution in [0.2, 0.25) is 0 Å². The lowest BCUT2D eigenvalue weighted by molar-refractivity contribution is -0.734. The molecule has 4 aromatic rings. The Balaban J connectivity index is 0.00000169. The fourth-order valence-corrected chi connectivity index (χ4v) is 2.44. The van der Waals surface area contributed by atoms with Crippen LogP contribution in [0.4, 0.5) is 0 Å². The zero-order valence-corrected chi connectivity index (χ0v) is 15.0. The number of hydrogen-bond acceptors (Lipinski definition) is 2. The van der Waals surface area contributed by atoms with Crippen LogP contribution in [0.3, 0.4) is 0 Å². The van der Waals surface area contributed by atoms with Crippen molar-refractivity contribution in [2.24, 2.45) is 0 Å². The monoisotopic (exact) mass is 426 g/mol. The van der Waals surface area contributed by atoms with E-state index in [0.29, 0.717) is 5.82 Å². The maximum Gasteiger partial charge on any atom is 0.340 e. The molecule has 0 unspecified atom stereocenters. The zero-order valence-electron chi connectivity index (χ0n) is 12.8. The molecule has 118 valence electrons. The van der Waals surface area contributed by atoms with E-state index in [1.54, 1.807) is 0 Å². The molecule has 0 bridgehead atoms. The Hall–Kier alpha value is -2.54. The smallest absolute Gasteiger partial charge is 0.340 e. The van der Waals surface area contributed by atoms with Gasteiger partial charge in [-0.2, -0.15) is 0 Å². The van der Waals surface area contributed by atoms with Gasteiger partial charge in [-0.3, -0.25) is 0 Å². The van der Waals surface area contributed by atoms with Crippen molar-refractivity contribution in [3.05, 3.63) is 91.0 Å². The molecular weight excluding hydrogens is 411 g/mol. The van der Waals surface area contributed by atoms with Crippen molar-refractivity contribution < 1.29 is 28.8 Å². The number of benzene rings is 3. The second-order valence-electron chi connectivity index (χ2n) is 5.14. The maximum absolute atomic E-state index is 4.70. The Kier molecular flexibility index (Phi) is 5.00. The minimum atomic E-state index is 0. The highest BCUT2D eigenvalue weighted by Crippen LogP contribution is 2.14. The van der Waals surface area contributed by atoms with Crippen LogP contribution in [0.25, 0.3) is 22.8 Å². The second-order valence-corrected chi connectivity index (χ2v) is 5.14. The van der Waals surface area contributed by atoms with E-state index < -0.39 is 0 Å². The Bertz CT molecular complexity index is 849. The predicted octanol–water partition coefficient (Wildman–Crippen LogP) is 0.215. The highest BCUT2D eigenvalue weighted by Gasteiger charge is 2.22. The number of hydrogen-bond donors (Lipinski definition) is 0. The number of nitrogens with zero attached hydrogens (tertiary/aromatic N) is 4. The lowest BCUT2D eigenvalue weighted by Gasteiger charge is -1.98. The SMILES string of the molecule is [I-].c1ccc(-c2nn(-c3ccccc3)[n+](-c3ccccc3)n2)cc1. The van der Waals surface area contributed by atoms with E-state index in [4.69, 9.17) is 10.2 Å². The van der Waals surface area contributed by atoms with Crippen LogP contribution in [0.5, 0.6) is 0 Å². The van der Waals surface area contributed by atoms with Crippen LogP contribution in [0, 0.1) is 0 Å². The van der Waals surface area contributed by atoms with Crippen LogP contribution in [0.15, 0.2) is 91.0 Å². The predicted molar refractivity (Wildman–Crippen MR) is 88.3 cm³/mol. The van der Waals surface area contributed by atoms with Gasteiger partial charge in [-0.05, 0) is 46.3 Å². The van der Waals surface area contributed by atoms with Gasteiger partial charge in [0.2, 0.25) is 0 Å². The minimum absolute atomic E-state index is 0. The highest BCUT2D eigenvalue weighted by atomic mass is 127. The first-order valence-electron chi connectivity index (χ1n) is 7.48. The van der Waals surface area contributed by atoms with Crippen LogP contribution in [0.1, 0.15) is 0 Å². The average molecular weight is 426 g/mol. The molecule has 0 amide bonds. The highest BCUT2D eigenvalue weighted by molar-refractivity contribution is 5.53. The summed E-state index contributed by atoms with van der Waals surface area (Å²) < 4.78 is 0. The van der Waals surface area contributed by atoms with Crippen molar-refractivity contribution in [2.75, 3.05) is 0 Å². The maximum atomic E-state index is 4.70. The van der Waals surface area contributed by atoms with Crippen LogP contribution in [-0.4, -0.2) is 15.0 Å². The van der Waals surface area contributed by atoms with Gasteiger partial charge in [0.05, 0.1) is 10.7 Å². The van der Waals surface area contributed by atoms with E-state index in [0.717, 1.165) is 16.9 Å². The van der Waals surface area contributed by atoms with Crippen LogP contribution >= 0.6 is 0 Å². The molecule has 0 radical (unpaired) electrons. The average Bonchev–Trinajstić information content (AvgIpc) is 3.09. The fourth-order valence-electron chi connectivity index (χ4n) is 2.44. The van der Waals surface area contributed by atoms with E-state index >= 15 is 0 Å². The molecule has 3 aromatic carbocycles. The molecule has 0 fully saturated rings. The molecule has 0 aliphatic heterocycles. The third-order valence-corrected chi connectivity index (χ3v) is 3.56. The molecule has 1 aromatic heterocycles.